The summed E-state index contributed by atoms with van der Waals surface area (Å²) in [6.07, 6.45) is 0.0234. The van der Waals surface area contributed by atoms with Gasteiger partial charge in [-0.2, -0.15) is 0 Å². The summed E-state index contributed by atoms with van der Waals surface area (Å²) in [4.78, 5) is 39.2. The zero-order valence-electron chi connectivity index (χ0n) is 14.9. The van der Waals surface area contributed by atoms with Gasteiger partial charge in [0.25, 0.3) is 11.8 Å². The van der Waals surface area contributed by atoms with Crippen molar-refractivity contribution >= 4 is 34.7 Å². The van der Waals surface area contributed by atoms with E-state index in [1.807, 2.05) is 6.92 Å². The van der Waals surface area contributed by atoms with Gasteiger partial charge in [-0.15, -0.1) is 11.3 Å². The van der Waals surface area contributed by atoms with E-state index in [4.69, 9.17) is 4.74 Å². The average Bonchev–Trinajstić information content (AvgIpc) is 3.24. The number of benzene rings is 1. The van der Waals surface area contributed by atoms with E-state index in [2.05, 4.69) is 10.6 Å². The lowest BCUT2D eigenvalue weighted by Crippen LogP contribution is -2.52. The second-order valence-corrected chi connectivity index (χ2v) is 6.98. The van der Waals surface area contributed by atoms with E-state index in [1.165, 1.54) is 16.2 Å². The Labute approximate surface area is 161 Å². The molecule has 2 aromatic rings. The number of para-hydroxylation sites is 2. The summed E-state index contributed by atoms with van der Waals surface area (Å²) in [6.45, 7) is 2.45. The maximum Gasteiger partial charge on any atom is 0.262 e. The highest BCUT2D eigenvalue weighted by Gasteiger charge is 2.33. The number of hydrogen-bond donors (Lipinski definition) is 2. The first-order valence-corrected chi connectivity index (χ1v) is 9.63. The van der Waals surface area contributed by atoms with E-state index in [0.717, 1.165) is 6.42 Å². The van der Waals surface area contributed by atoms with Crippen molar-refractivity contribution in [2.75, 3.05) is 24.5 Å². The highest BCUT2D eigenvalue weighted by molar-refractivity contribution is 7.12. The van der Waals surface area contributed by atoms with Crippen molar-refractivity contribution in [1.29, 1.82) is 0 Å². The van der Waals surface area contributed by atoms with Crippen molar-refractivity contribution in [1.82, 2.24) is 10.6 Å². The van der Waals surface area contributed by atoms with Gasteiger partial charge in [0, 0.05) is 6.54 Å². The molecule has 0 fully saturated rings. The van der Waals surface area contributed by atoms with E-state index < -0.39 is 6.10 Å². The predicted molar refractivity (Wildman–Crippen MR) is 103 cm³/mol. The van der Waals surface area contributed by atoms with E-state index >= 15 is 0 Å². The third-order valence-electron chi connectivity index (χ3n) is 4.06. The fraction of sp³-hybridized carbons (Fsp3) is 0.316. The van der Waals surface area contributed by atoms with Gasteiger partial charge in [-0.25, -0.2) is 0 Å². The second-order valence-electron chi connectivity index (χ2n) is 6.03. The molecule has 3 amide bonds. The molecule has 0 saturated heterocycles. The maximum atomic E-state index is 12.7. The largest absolute Gasteiger partial charge is 0.477 e. The van der Waals surface area contributed by atoms with Crippen molar-refractivity contribution < 1.29 is 19.1 Å². The minimum Gasteiger partial charge on any atom is -0.477 e. The number of carbonyl (C=O) groups is 3. The van der Waals surface area contributed by atoms with Crippen molar-refractivity contribution in [3.8, 4) is 5.75 Å². The molecule has 0 radical (unpaired) electrons. The lowest BCUT2D eigenvalue weighted by Gasteiger charge is -2.34. The fourth-order valence-electron chi connectivity index (χ4n) is 2.72. The van der Waals surface area contributed by atoms with Crippen molar-refractivity contribution in [2.45, 2.75) is 19.4 Å². The monoisotopic (exact) mass is 387 g/mol. The second kappa shape index (κ2) is 8.68. The minimum absolute atomic E-state index is 0.0975. The third-order valence-corrected chi connectivity index (χ3v) is 4.93. The minimum atomic E-state index is -0.789. The smallest absolute Gasteiger partial charge is 0.262 e. The Balaban J connectivity index is 1.71. The summed E-state index contributed by atoms with van der Waals surface area (Å²) in [7, 11) is 0. The highest BCUT2D eigenvalue weighted by Crippen LogP contribution is 2.33. The van der Waals surface area contributed by atoms with Crippen molar-refractivity contribution in [3.63, 3.8) is 0 Å². The molecule has 0 unspecified atom stereocenters. The molecule has 2 N–H and O–H groups in total. The van der Waals surface area contributed by atoms with E-state index in [1.54, 1.807) is 41.8 Å². The number of carbonyl (C=O) groups excluding carboxylic acids is 3. The summed E-state index contributed by atoms with van der Waals surface area (Å²) < 4.78 is 5.76. The Morgan fingerprint density at radius 2 is 2.00 bits per heavy atom. The molecule has 1 aliphatic rings. The van der Waals surface area contributed by atoms with Gasteiger partial charge in [-0.1, -0.05) is 25.1 Å². The normalized spacial score (nSPS) is 15.4. The lowest BCUT2D eigenvalue weighted by molar-refractivity contribution is -0.128. The molecule has 0 bridgehead atoms. The Morgan fingerprint density at radius 1 is 1.19 bits per heavy atom. The number of nitrogens with zero attached hydrogens (tertiary/aromatic N) is 1. The van der Waals surface area contributed by atoms with E-state index in [0.29, 0.717) is 22.9 Å². The first-order valence-electron chi connectivity index (χ1n) is 8.75. The van der Waals surface area contributed by atoms with Crippen LogP contribution in [0.5, 0.6) is 5.75 Å². The molecule has 0 aliphatic carbocycles. The van der Waals surface area contributed by atoms with E-state index in [-0.39, 0.29) is 30.8 Å². The van der Waals surface area contributed by atoms with Crippen LogP contribution in [0, 0.1) is 0 Å². The summed E-state index contributed by atoms with van der Waals surface area (Å²) in [6, 6.07) is 10.5. The molecular weight excluding hydrogens is 366 g/mol. The van der Waals surface area contributed by atoms with Crippen LogP contribution in [-0.4, -0.2) is 43.5 Å². The van der Waals surface area contributed by atoms with Crippen LogP contribution in [0.15, 0.2) is 41.8 Å². The van der Waals surface area contributed by atoms with Crippen LogP contribution in [0.2, 0.25) is 0 Å². The van der Waals surface area contributed by atoms with Gasteiger partial charge in [0.05, 0.1) is 23.7 Å². The number of amides is 3. The van der Waals surface area contributed by atoms with Crippen LogP contribution in [0.1, 0.15) is 23.0 Å². The number of nitrogens with one attached hydrogen (secondary N) is 2. The number of hydrogen-bond acceptors (Lipinski definition) is 5. The molecule has 7 nitrogen and oxygen atoms in total. The van der Waals surface area contributed by atoms with Gasteiger partial charge in [0.1, 0.15) is 5.75 Å². The van der Waals surface area contributed by atoms with Crippen molar-refractivity contribution in [3.05, 3.63) is 46.7 Å². The van der Waals surface area contributed by atoms with Gasteiger partial charge in [-0.3, -0.25) is 14.4 Å². The van der Waals surface area contributed by atoms with Gasteiger partial charge in [-0.05, 0) is 30.0 Å². The number of fused-ring (bicyclic) bond motifs is 1. The number of ether oxygens (including phenoxy) is 1. The molecule has 27 heavy (non-hydrogen) atoms. The molecule has 0 spiro atoms. The quantitative estimate of drug-likeness (QED) is 0.791. The topological polar surface area (TPSA) is 87.7 Å². The third kappa shape index (κ3) is 4.46. The first kappa shape index (κ1) is 18.9. The van der Waals surface area contributed by atoms with Crippen LogP contribution in [-0.2, 0) is 9.59 Å². The van der Waals surface area contributed by atoms with Crippen LogP contribution in [0.4, 0.5) is 5.69 Å². The molecular formula is C19H21N3O4S. The molecule has 1 aliphatic heterocycles. The number of rotatable bonds is 6. The summed E-state index contributed by atoms with van der Waals surface area (Å²) in [5, 5.41) is 7.22. The highest BCUT2D eigenvalue weighted by atomic mass is 32.1. The van der Waals surface area contributed by atoms with Gasteiger partial charge in [0.2, 0.25) is 5.91 Å². The summed E-state index contributed by atoms with van der Waals surface area (Å²) >= 11 is 1.31. The maximum absolute atomic E-state index is 12.7. The molecule has 1 aromatic carbocycles. The first-order chi connectivity index (χ1) is 13.1. The Bertz CT molecular complexity index is 822. The molecule has 142 valence electrons. The van der Waals surface area contributed by atoms with Crippen LogP contribution >= 0.6 is 11.3 Å². The molecule has 2 heterocycles. The fourth-order valence-corrected chi connectivity index (χ4v) is 3.36. The van der Waals surface area contributed by atoms with E-state index in [9.17, 15) is 14.4 Å². The van der Waals surface area contributed by atoms with Crippen molar-refractivity contribution in [2.24, 2.45) is 0 Å². The predicted octanol–water partition coefficient (Wildman–Crippen LogP) is 1.80. The van der Waals surface area contributed by atoms with Gasteiger partial charge in [0.15, 0.2) is 6.10 Å². The lowest BCUT2D eigenvalue weighted by atomic mass is 10.1. The molecule has 1 atom stereocenters. The van der Waals surface area contributed by atoms with Gasteiger partial charge >= 0.3 is 0 Å². The van der Waals surface area contributed by atoms with Crippen LogP contribution in [0.3, 0.4) is 0 Å². The number of thiophene rings is 1. The molecule has 3 rings (SSSR count). The average molecular weight is 387 g/mol. The standard InChI is InChI=1S/C19H21N3O4S/c1-2-9-20-18(24)15-12-22(13-6-3-4-7-14(13)26-15)17(23)11-21-19(25)16-8-5-10-27-16/h3-8,10,15H,2,9,11-12H2,1H3,(H,20,24)(H,21,25)/t15-/m1/s1. The molecule has 0 saturated carbocycles. The Hall–Kier alpha value is -2.87. The Morgan fingerprint density at radius 3 is 2.74 bits per heavy atom. The van der Waals surface area contributed by atoms with Crippen LogP contribution < -0.4 is 20.3 Å². The zero-order chi connectivity index (χ0) is 19.2. The summed E-state index contributed by atoms with van der Waals surface area (Å²) in [5.74, 6) is -0.383. The number of anilines is 1. The zero-order valence-corrected chi connectivity index (χ0v) is 15.8. The van der Waals surface area contributed by atoms with Crippen LogP contribution in [0.25, 0.3) is 0 Å². The summed E-state index contributed by atoms with van der Waals surface area (Å²) in [5.41, 5.74) is 0.590. The molecule has 1 aromatic heterocycles. The van der Waals surface area contributed by atoms with Gasteiger partial charge < -0.3 is 20.3 Å². The Kier molecular flexibility index (Phi) is 6.08. The molecule has 8 heteroatoms. The SMILES string of the molecule is CCCNC(=O)[C@H]1CN(C(=O)CNC(=O)c2cccs2)c2ccccc2O1.